The lowest BCUT2D eigenvalue weighted by atomic mass is 10.0. The Morgan fingerprint density at radius 3 is 2.79 bits per heavy atom. The summed E-state index contributed by atoms with van der Waals surface area (Å²) >= 11 is 5.59. The summed E-state index contributed by atoms with van der Waals surface area (Å²) in [5.74, 6) is 0.374. The summed E-state index contributed by atoms with van der Waals surface area (Å²) in [6.45, 7) is 5.33. The molecule has 2 amide bonds. The minimum Gasteiger partial charge on any atom is -0.377 e. The van der Waals surface area contributed by atoms with Gasteiger partial charge in [-0.25, -0.2) is 4.79 Å². The summed E-state index contributed by atoms with van der Waals surface area (Å²) in [5.41, 5.74) is -0.908. The van der Waals surface area contributed by atoms with E-state index < -0.39 is 22.8 Å². The highest BCUT2D eigenvalue weighted by Crippen LogP contribution is 2.36. The van der Waals surface area contributed by atoms with Gasteiger partial charge in [0.05, 0.1) is 29.8 Å². The quantitative estimate of drug-likeness (QED) is 0.849. The van der Waals surface area contributed by atoms with Crippen LogP contribution in [0.1, 0.15) is 25.8 Å². The minimum absolute atomic E-state index is 0.0616. The maximum absolute atomic E-state index is 12.9. The molecule has 1 heterocycles. The van der Waals surface area contributed by atoms with E-state index in [1.165, 1.54) is 6.07 Å². The summed E-state index contributed by atoms with van der Waals surface area (Å²) in [4.78, 5) is 14.1. The molecule has 0 radical (unpaired) electrons. The Hall–Kier alpha value is -1.47. The Morgan fingerprint density at radius 1 is 1.46 bits per heavy atom. The van der Waals surface area contributed by atoms with Crippen molar-refractivity contribution in [2.75, 3.05) is 25.1 Å². The second kappa shape index (κ2) is 7.61. The van der Waals surface area contributed by atoms with Crippen LogP contribution in [-0.4, -0.2) is 36.7 Å². The normalized spacial score (nSPS) is 18.8. The van der Waals surface area contributed by atoms with Crippen molar-refractivity contribution in [2.24, 2.45) is 5.92 Å². The Balaban J connectivity index is 2.13. The molecule has 1 saturated heterocycles. The number of carbonyl (C=O) groups excluding carboxylic acids is 1. The van der Waals surface area contributed by atoms with Gasteiger partial charge in [-0.3, -0.25) is 0 Å². The third-order valence-corrected chi connectivity index (χ3v) is 4.08. The highest BCUT2D eigenvalue weighted by molar-refractivity contribution is 6.31. The van der Waals surface area contributed by atoms with Gasteiger partial charge in [0.2, 0.25) is 0 Å². The van der Waals surface area contributed by atoms with Gasteiger partial charge < -0.3 is 15.0 Å². The summed E-state index contributed by atoms with van der Waals surface area (Å²) in [6.07, 6.45) is -3.81. The van der Waals surface area contributed by atoms with E-state index in [1.54, 1.807) is 4.90 Å². The Kier molecular flexibility index (Phi) is 5.98. The number of amides is 2. The van der Waals surface area contributed by atoms with Gasteiger partial charge in [0.25, 0.3) is 0 Å². The average Bonchev–Trinajstić information content (AvgIpc) is 2.48. The maximum Gasteiger partial charge on any atom is 0.417 e. The standard InChI is InChI=1S/C16H20ClF3N2O2/c1-10(2)7-12-9-24-6-5-22(12)15(23)21-11-3-4-14(17)13(8-11)16(18,19)20/h3-4,8,10,12H,5-7,9H2,1-2H3,(H,21,23). The molecule has 1 N–H and O–H groups in total. The lowest BCUT2D eigenvalue weighted by molar-refractivity contribution is -0.137. The van der Waals surface area contributed by atoms with E-state index >= 15 is 0 Å². The molecule has 0 spiro atoms. The predicted molar refractivity (Wildman–Crippen MR) is 86.2 cm³/mol. The van der Waals surface area contributed by atoms with Crippen molar-refractivity contribution >= 4 is 23.3 Å². The Bertz CT molecular complexity index is 593. The fourth-order valence-electron chi connectivity index (χ4n) is 2.68. The van der Waals surface area contributed by atoms with E-state index in [1.807, 2.05) is 13.8 Å². The van der Waals surface area contributed by atoms with Crippen LogP contribution in [0.15, 0.2) is 18.2 Å². The first kappa shape index (κ1) is 18.9. The van der Waals surface area contributed by atoms with Crippen molar-refractivity contribution in [3.05, 3.63) is 28.8 Å². The maximum atomic E-state index is 12.9. The fraction of sp³-hybridized carbons (Fsp3) is 0.562. The zero-order valence-electron chi connectivity index (χ0n) is 13.5. The second-order valence-electron chi connectivity index (χ2n) is 6.17. The molecule has 134 valence electrons. The smallest absolute Gasteiger partial charge is 0.377 e. The number of morpholine rings is 1. The molecule has 1 aliphatic rings. The predicted octanol–water partition coefficient (Wildman–Crippen LogP) is 4.64. The molecule has 0 aromatic heterocycles. The highest BCUT2D eigenvalue weighted by atomic mass is 35.5. The number of halogens is 4. The Labute approximate surface area is 143 Å². The number of anilines is 1. The lowest BCUT2D eigenvalue weighted by Gasteiger charge is -2.36. The number of benzene rings is 1. The van der Waals surface area contributed by atoms with E-state index in [0.29, 0.717) is 25.7 Å². The van der Waals surface area contributed by atoms with E-state index in [4.69, 9.17) is 16.3 Å². The number of alkyl halides is 3. The molecule has 1 aromatic rings. The molecule has 1 atom stereocenters. The number of rotatable bonds is 3. The van der Waals surface area contributed by atoms with Crippen molar-refractivity contribution in [3.8, 4) is 0 Å². The van der Waals surface area contributed by atoms with Crippen molar-refractivity contribution in [3.63, 3.8) is 0 Å². The zero-order valence-corrected chi connectivity index (χ0v) is 14.2. The van der Waals surface area contributed by atoms with E-state index in [0.717, 1.165) is 18.6 Å². The van der Waals surface area contributed by atoms with Gasteiger partial charge in [0, 0.05) is 12.2 Å². The van der Waals surface area contributed by atoms with Crippen LogP contribution in [0, 0.1) is 5.92 Å². The van der Waals surface area contributed by atoms with Crippen molar-refractivity contribution in [2.45, 2.75) is 32.5 Å². The molecule has 1 aromatic carbocycles. The first-order valence-electron chi connectivity index (χ1n) is 7.70. The molecule has 8 heteroatoms. The monoisotopic (exact) mass is 364 g/mol. The van der Waals surface area contributed by atoms with Gasteiger partial charge in [0.15, 0.2) is 0 Å². The van der Waals surface area contributed by atoms with Gasteiger partial charge in [0.1, 0.15) is 0 Å². The molecular weight excluding hydrogens is 345 g/mol. The molecule has 0 saturated carbocycles. The summed E-state index contributed by atoms with van der Waals surface area (Å²) in [5, 5.41) is 2.13. The SMILES string of the molecule is CC(C)CC1COCCN1C(=O)Nc1ccc(Cl)c(C(F)(F)F)c1. The van der Waals surface area contributed by atoms with Crippen molar-refractivity contribution in [1.29, 1.82) is 0 Å². The van der Waals surface area contributed by atoms with Crippen LogP contribution in [0.25, 0.3) is 0 Å². The number of ether oxygens (including phenoxy) is 1. The highest BCUT2D eigenvalue weighted by Gasteiger charge is 2.34. The molecule has 1 unspecified atom stereocenters. The van der Waals surface area contributed by atoms with Crippen LogP contribution in [0.4, 0.5) is 23.7 Å². The van der Waals surface area contributed by atoms with Gasteiger partial charge in [-0.05, 0) is 30.5 Å². The third-order valence-electron chi connectivity index (χ3n) is 3.75. The van der Waals surface area contributed by atoms with Crippen LogP contribution in [-0.2, 0) is 10.9 Å². The molecule has 1 aliphatic heterocycles. The number of hydrogen-bond acceptors (Lipinski definition) is 2. The molecule has 0 bridgehead atoms. The van der Waals surface area contributed by atoms with E-state index in [-0.39, 0.29) is 11.7 Å². The van der Waals surface area contributed by atoms with Gasteiger partial charge >= 0.3 is 12.2 Å². The van der Waals surface area contributed by atoms with Crippen LogP contribution in [0.5, 0.6) is 0 Å². The van der Waals surface area contributed by atoms with Crippen LogP contribution in [0.2, 0.25) is 5.02 Å². The number of nitrogens with zero attached hydrogens (tertiary/aromatic N) is 1. The van der Waals surface area contributed by atoms with Crippen molar-refractivity contribution < 1.29 is 22.7 Å². The average molecular weight is 365 g/mol. The number of carbonyl (C=O) groups is 1. The molecule has 0 aliphatic carbocycles. The molecule has 1 fully saturated rings. The van der Waals surface area contributed by atoms with E-state index in [9.17, 15) is 18.0 Å². The van der Waals surface area contributed by atoms with Crippen LogP contribution >= 0.6 is 11.6 Å². The van der Waals surface area contributed by atoms with Gasteiger partial charge in [-0.1, -0.05) is 25.4 Å². The van der Waals surface area contributed by atoms with Crippen molar-refractivity contribution in [1.82, 2.24) is 4.90 Å². The summed E-state index contributed by atoms with van der Waals surface area (Å²) in [6, 6.07) is 2.81. The van der Waals surface area contributed by atoms with Gasteiger partial charge in [-0.15, -0.1) is 0 Å². The lowest BCUT2D eigenvalue weighted by Crippen LogP contribution is -2.50. The molecular formula is C16H20ClF3N2O2. The summed E-state index contributed by atoms with van der Waals surface area (Å²) < 4.78 is 44.1. The molecule has 24 heavy (non-hydrogen) atoms. The van der Waals surface area contributed by atoms with Crippen LogP contribution < -0.4 is 5.32 Å². The first-order chi connectivity index (χ1) is 11.2. The zero-order chi connectivity index (χ0) is 17.9. The molecule has 2 rings (SSSR count). The van der Waals surface area contributed by atoms with Crippen LogP contribution in [0.3, 0.4) is 0 Å². The number of nitrogens with one attached hydrogen (secondary N) is 1. The summed E-state index contributed by atoms with van der Waals surface area (Å²) in [7, 11) is 0. The fourth-order valence-corrected chi connectivity index (χ4v) is 2.90. The third kappa shape index (κ3) is 4.77. The largest absolute Gasteiger partial charge is 0.417 e. The number of hydrogen-bond donors (Lipinski definition) is 1. The second-order valence-corrected chi connectivity index (χ2v) is 6.58. The number of urea groups is 1. The molecule has 4 nitrogen and oxygen atoms in total. The van der Waals surface area contributed by atoms with E-state index in [2.05, 4.69) is 5.32 Å². The first-order valence-corrected chi connectivity index (χ1v) is 8.08. The Morgan fingerprint density at radius 2 is 2.17 bits per heavy atom. The minimum atomic E-state index is -4.57. The topological polar surface area (TPSA) is 41.6 Å². The van der Waals surface area contributed by atoms with Gasteiger partial charge in [-0.2, -0.15) is 13.2 Å².